The molecule has 1 fully saturated rings. The second kappa shape index (κ2) is 5.98. The molecular weight excluding hydrogens is 294 g/mol. The average molecular weight is 313 g/mol. The molecule has 1 aromatic rings. The second-order valence-electron chi connectivity index (χ2n) is 5.30. The Hall–Kier alpha value is -1.67. The van der Waals surface area contributed by atoms with E-state index in [0.29, 0.717) is 19.0 Å². The summed E-state index contributed by atoms with van der Waals surface area (Å²) in [7, 11) is -2.07. The summed E-state index contributed by atoms with van der Waals surface area (Å²) in [5, 5.41) is 13.6. The van der Waals surface area contributed by atoms with Crippen LogP contribution in [-0.4, -0.2) is 37.8 Å². The molecule has 8 heteroatoms. The molecule has 0 aromatic heterocycles. The summed E-state index contributed by atoms with van der Waals surface area (Å²) in [6, 6.07) is 3.85. The minimum atomic E-state index is -3.60. The average Bonchev–Trinajstić information content (AvgIpc) is 2.46. The lowest BCUT2D eigenvalue weighted by molar-refractivity contribution is -0.384. The van der Waals surface area contributed by atoms with Gasteiger partial charge in [0.1, 0.15) is 5.69 Å². The normalized spacial score (nSPS) is 20.2. The van der Waals surface area contributed by atoms with Crippen molar-refractivity contribution in [2.75, 3.05) is 25.5 Å². The van der Waals surface area contributed by atoms with E-state index in [-0.39, 0.29) is 16.3 Å². The van der Waals surface area contributed by atoms with Crippen LogP contribution in [0.2, 0.25) is 0 Å². The van der Waals surface area contributed by atoms with Gasteiger partial charge >= 0.3 is 0 Å². The van der Waals surface area contributed by atoms with Crippen LogP contribution in [0.4, 0.5) is 11.4 Å². The number of rotatable bonds is 4. The zero-order valence-corrected chi connectivity index (χ0v) is 12.9. The fraction of sp³-hybridized carbons (Fsp3) is 0.538. The topological polar surface area (TPSA) is 92.6 Å². The highest BCUT2D eigenvalue weighted by Gasteiger charge is 2.29. The van der Waals surface area contributed by atoms with Gasteiger partial charge in [-0.15, -0.1) is 0 Å². The molecule has 21 heavy (non-hydrogen) atoms. The highest BCUT2D eigenvalue weighted by molar-refractivity contribution is 7.89. The van der Waals surface area contributed by atoms with Gasteiger partial charge in [0.2, 0.25) is 10.0 Å². The molecule has 7 nitrogen and oxygen atoms in total. The lowest BCUT2D eigenvalue weighted by Crippen LogP contribution is -2.39. The summed E-state index contributed by atoms with van der Waals surface area (Å²) in [6.45, 7) is 3.02. The first kappa shape index (κ1) is 15.7. The molecule has 2 rings (SSSR count). The Morgan fingerprint density at radius 3 is 2.71 bits per heavy atom. The lowest BCUT2D eigenvalue weighted by atomic mass is 10.0. The molecule has 0 saturated carbocycles. The van der Waals surface area contributed by atoms with Crippen LogP contribution in [0.1, 0.15) is 19.8 Å². The zero-order valence-electron chi connectivity index (χ0n) is 12.1. The summed E-state index contributed by atoms with van der Waals surface area (Å²) in [5.74, 6) is 0.329. The number of sulfonamides is 1. The third-order valence-corrected chi connectivity index (χ3v) is 5.55. The molecular formula is C13H19N3O4S. The van der Waals surface area contributed by atoms with Gasteiger partial charge in [-0.1, -0.05) is 6.92 Å². The molecule has 1 N–H and O–H groups in total. The number of benzene rings is 1. The van der Waals surface area contributed by atoms with Crippen molar-refractivity contribution in [2.45, 2.75) is 24.7 Å². The van der Waals surface area contributed by atoms with Crippen LogP contribution in [0.15, 0.2) is 23.1 Å². The van der Waals surface area contributed by atoms with Gasteiger partial charge in [-0.25, -0.2) is 8.42 Å². The van der Waals surface area contributed by atoms with Crippen molar-refractivity contribution in [3.63, 3.8) is 0 Å². The largest absolute Gasteiger partial charge is 0.383 e. The predicted octanol–water partition coefficient (Wildman–Crippen LogP) is 2.06. The van der Waals surface area contributed by atoms with Crippen molar-refractivity contribution in [3.05, 3.63) is 28.3 Å². The third kappa shape index (κ3) is 3.16. The molecule has 0 spiro atoms. The molecule has 1 aliphatic heterocycles. The molecule has 1 saturated heterocycles. The van der Waals surface area contributed by atoms with Gasteiger partial charge in [0.15, 0.2) is 0 Å². The quantitative estimate of drug-likeness (QED) is 0.678. The van der Waals surface area contributed by atoms with E-state index in [1.165, 1.54) is 29.6 Å². The number of nitro benzene ring substituents is 1. The van der Waals surface area contributed by atoms with E-state index in [0.717, 1.165) is 12.8 Å². The standard InChI is InChI=1S/C13H19N3O4S/c1-10-4-3-7-15(9-10)21(19,20)11-5-6-13(16(17)18)12(8-11)14-2/h5-6,8,10,14H,3-4,7,9H2,1-2H3. The molecule has 0 radical (unpaired) electrons. The number of hydrogen-bond acceptors (Lipinski definition) is 5. The molecule has 1 aliphatic rings. The Balaban J connectivity index is 2.38. The number of nitrogens with one attached hydrogen (secondary N) is 1. The smallest absolute Gasteiger partial charge is 0.292 e. The Labute approximate surface area is 124 Å². The van der Waals surface area contributed by atoms with Crippen molar-refractivity contribution in [1.82, 2.24) is 4.31 Å². The van der Waals surface area contributed by atoms with Gasteiger partial charge in [0, 0.05) is 26.2 Å². The van der Waals surface area contributed by atoms with Gasteiger partial charge in [-0.3, -0.25) is 10.1 Å². The Morgan fingerprint density at radius 1 is 1.43 bits per heavy atom. The van der Waals surface area contributed by atoms with Crippen molar-refractivity contribution < 1.29 is 13.3 Å². The predicted molar refractivity (Wildman–Crippen MR) is 79.8 cm³/mol. The van der Waals surface area contributed by atoms with Crippen LogP contribution >= 0.6 is 0 Å². The first-order valence-electron chi connectivity index (χ1n) is 6.82. The second-order valence-corrected chi connectivity index (χ2v) is 7.23. The van der Waals surface area contributed by atoms with Gasteiger partial charge in [0.25, 0.3) is 5.69 Å². The van der Waals surface area contributed by atoms with Crippen molar-refractivity contribution >= 4 is 21.4 Å². The van der Waals surface area contributed by atoms with Crippen molar-refractivity contribution in [1.29, 1.82) is 0 Å². The highest BCUT2D eigenvalue weighted by atomic mass is 32.2. The molecule has 116 valence electrons. The Morgan fingerprint density at radius 2 is 2.14 bits per heavy atom. The fourth-order valence-electron chi connectivity index (χ4n) is 2.55. The van der Waals surface area contributed by atoms with E-state index in [1.54, 1.807) is 0 Å². The van der Waals surface area contributed by atoms with E-state index < -0.39 is 14.9 Å². The van der Waals surface area contributed by atoms with Crippen LogP contribution < -0.4 is 5.32 Å². The molecule has 1 unspecified atom stereocenters. The van der Waals surface area contributed by atoms with Crippen molar-refractivity contribution in [3.8, 4) is 0 Å². The van der Waals surface area contributed by atoms with E-state index in [9.17, 15) is 18.5 Å². The monoisotopic (exact) mass is 313 g/mol. The van der Waals surface area contributed by atoms with E-state index in [4.69, 9.17) is 0 Å². The summed E-state index contributed by atoms with van der Waals surface area (Å²) in [5.41, 5.74) is 0.0644. The fourth-order valence-corrected chi connectivity index (χ4v) is 4.17. The van der Waals surface area contributed by atoms with E-state index >= 15 is 0 Å². The van der Waals surface area contributed by atoms with E-state index in [2.05, 4.69) is 5.32 Å². The van der Waals surface area contributed by atoms with Crippen LogP contribution in [0.3, 0.4) is 0 Å². The van der Waals surface area contributed by atoms with Gasteiger partial charge in [-0.05, 0) is 30.9 Å². The summed E-state index contributed by atoms with van der Waals surface area (Å²) < 4.78 is 26.7. The maximum Gasteiger partial charge on any atom is 0.292 e. The first-order valence-corrected chi connectivity index (χ1v) is 8.26. The molecule has 1 heterocycles. The number of anilines is 1. The Kier molecular flexibility index (Phi) is 4.48. The van der Waals surface area contributed by atoms with Crippen LogP contribution in [0.5, 0.6) is 0 Å². The molecule has 0 aliphatic carbocycles. The van der Waals surface area contributed by atoms with Crippen LogP contribution in [0, 0.1) is 16.0 Å². The molecule has 0 amide bonds. The Bertz CT molecular complexity index is 645. The zero-order chi connectivity index (χ0) is 15.6. The minimum Gasteiger partial charge on any atom is -0.383 e. The maximum atomic E-state index is 12.6. The van der Waals surface area contributed by atoms with Gasteiger partial charge < -0.3 is 5.32 Å². The minimum absolute atomic E-state index is 0.0894. The number of hydrogen-bond donors (Lipinski definition) is 1. The number of nitro groups is 1. The number of nitrogens with zero attached hydrogens (tertiary/aromatic N) is 2. The molecule has 1 atom stereocenters. The lowest BCUT2D eigenvalue weighted by Gasteiger charge is -2.30. The van der Waals surface area contributed by atoms with Crippen molar-refractivity contribution in [2.24, 2.45) is 5.92 Å². The van der Waals surface area contributed by atoms with Crippen LogP contribution in [-0.2, 0) is 10.0 Å². The molecule has 0 bridgehead atoms. The number of piperidine rings is 1. The summed E-state index contributed by atoms with van der Waals surface area (Å²) >= 11 is 0. The summed E-state index contributed by atoms with van der Waals surface area (Å²) in [4.78, 5) is 10.4. The SMILES string of the molecule is CNc1cc(S(=O)(=O)N2CCCC(C)C2)ccc1[N+](=O)[O-]. The van der Waals surface area contributed by atoms with Gasteiger partial charge in [0.05, 0.1) is 9.82 Å². The first-order chi connectivity index (χ1) is 9.86. The summed E-state index contributed by atoms with van der Waals surface area (Å²) in [6.07, 6.45) is 1.86. The third-order valence-electron chi connectivity index (χ3n) is 3.69. The maximum absolute atomic E-state index is 12.6. The van der Waals surface area contributed by atoms with Gasteiger partial charge in [-0.2, -0.15) is 4.31 Å². The van der Waals surface area contributed by atoms with E-state index in [1.807, 2.05) is 6.92 Å². The molecule has 1 aromatic carbocycles. The highest BCUT2D eigenvalue weighted by Crippen LogP contribution is 2.30. The van der Waals surface area contributed by atoms with Crippen LogP contribution in [0.25, 0.3) is 0 Å².